The Morgan fingerprint density at radius 2 is 1.90 bits per heavy atom. The third kappa shape index (κ3) is 4.21. The van der Waals surface area contributed by atoms with Crippen molar-refractivity contribution in [3.05, 3.63) is 47.7 Å². The summed E-state index contributed by atoms with van der Waals surface area (Å²) in [4.78, 5) is 0. The molecule has 0 saturated heterocycles. The predicted octanol–water partition coefficient (Wildman–Crippen LogP) is 2.34. The van der Waals surface area contributed by atoms with E-state index < -0.39 is 15.6 Å². The van der Waals surface area contributed by atoms with Crippen LogP contribution >= 0.6 is 0 Å². The van der Waals surface area contributed by atoms with Crippen molar-refractivity contribution < 1.29 is 25.8 Å². The summed E-state index contributed by atoms with van der Waals surface area (Å²) < 4.78 is 63.0. The Bertz CT molecular complexity index is 611. The van der Waals surface area contributed by atoms with E-state index in [9.17, 15) is 21.6 Å². The Balaban J connectivity index is 2.00. The average Bonchev–Trinajstić information content (AvgIpc) is 2.38. The average molecular weight is 321 g/mol. The highest BCUT2D eigenvalue weighted by atomic mass is 32.2. The summed E-state index contributed by atoms with van der Waals surface area (Å²) in [6, 6.07) is 9.21. The van der Waals surface area contributed by atoms with E-state index in [0.29, 0.717) is 6.42 Å². The Morgan fingerprint density at radius 3 is 2.52 bits per heavy atom. The Labute approximate surface area is 120 Å². The van der Waals surface area contributed by atoms with Crippen molar-refractivity contribution in [1.29, 1.82) is 0 Å². The normalized spacial score (nSPS) is 20.0. The first-order chi connectivity index (χ1) is 9.78. The van der Waals surface area contributed by atoms with Crippen LogP contribution in [0.25, 0.3) is 0 Å². The van der Waals surface area contributed by atoms with E-state index in [1.807, 2.05) is 30.3 Å². The van der Waals surface area contributed by atoms with E-state index >= 15 is 0 Å². The zero-order chi connectivity index (χ0) is 15.5. The molecule has 1 aromatic carbocycles. The first kappa shape index (κ1) is 15.8. The third-order valence-corrected chi connectivity index (χ3v) is 4.01. The van der Waals surface area contributed by atoms with Gasteiger partial charge in [0.15, 0.2) is 0 Å². The van der Waals surface area contributed by atoms with Gasteiger partial charge in [0.05, 0.1) is 0 Å². The van der Waals surface area contributed by atoms with E-state index in [0.717, 1.165) is 5.56 Å². The first-order valence-corrected chi connectivity index (χ1v) is 7.66. The van der Waals surface area contributed by atoms with Crippen molar-refractivity contribution in [2.75, 3.05) is 6.54 Å². The van der Waals surface area contributed by atoms with Crippen molar-refractivity contribution >= 4 is 10.1 Å². The predicted molar refractivity (Wildman–Crippen MR) is 70.7 cm³/mol. The molecule has 0 saturated carbocycles. The van der Waals surface area contributed by atoms with E-state index in [1.54, 1.807) is 0 Å². The number of hydrogen-bond donors (Lipinski definition) is 1. The number of alkyl halides is 3. The van der Waals surface area contributed by atoms with Crippen LogP contribution in [0.4, 0.5) is 13.2 Å². The summed E-state index contributed by atoms with van der Waals surface area (Å²) in [5, 5.41) is 3.09. The highest BCUT2D eigenvalue weighted by Gasteiger charge is 2.49. The molecule has 116 valence electrons. The molecule has 0 fully saturated rings. The minimum absolute atomic E-state index is 0.0875. The van der Waals surface area contributed by atoms with Gasteiger partial charge in [-0.05, 0) is 18.1 Å². The fraction of sp³-hybridized carbons (Fsp3) is 0.385. The van der Waals surface area contributed by atoms with Crippen LogP contribution < -0.4 is 5.32 Å². The van der Waals surface area contributed by atoms with Gasteiger partial charge >= 0.3 is 15.6 Å². The first-order valence-electron chi connectivity index (χ1n) is 6.25. The van der Waals surface area contributed by atoms with Gasteiger partial charge in [0.1, 0.15) is 5.76 Å². The highest BCUT2D eigenvalue weighted by molar-refractivity contribution is 7.87. The lowest BCUT2D eigenvalue weighted by Crippen LogP contribution is -2.36. The molecule has 2 rings (SSSR count). The summed E-state index contributed by atoms with van der Waals surface area (Å²) in [7, 11) is -5.59. The Hall–Kier alpha value is -1.54. The number of benzene rings is 1. The van der Waals surface area contributed by atoms with Gasteiger partial charge in [0, 0.05) is 19.0 Å². The maximum Gasteiger partial charge on any atom is 0.534 e. The number of halogens is 3. The Morgan fingerprint density at radius 1 is 1.24 bits per heavy atom. The molecular formula is C13H14F3NO3S. The molecule has 0 aliphatic carbocycles. The van der Waals surface area contributed by atoms with Crippen LogP contribution in [0.1, 0.15) is 12.0 Å². The largest absolute Gasteiger partial charge is 0.534 e. The number of rotatable bonds is 4. The van der Waals surface area contributed by atoms with Gasteiger partial charge in [-0.15, -0.1) is 0 Å². The molecule has 0 radical (unpaired) electrons. The number of hydrogen-bond acceptors (Lipinski definition) is 4. The van der Waals surface area contributed by atoms with Crippen molar-refractivity contribution in [3.63, 3.8) is 0 Å². The lowest BCUT2D eigenvalue weighted by atomic mass is 10.0. The molecule has 1 N–H and O–H groups in total. The minimum Gasteiger partial charge on any atom is -0.381 e. The monoisotopic (exact) mass is 321 g/mol. The van der Waals surface area contributed by atoms with Crippen LogP contribution in [0.15, 0.2) is 42.2 Å². The molecule has 0 bridgehead atoms. The quantitative estimate of drug-likeness (QED) is 0.683. The smallest absolute Gasteiger partial charge is 0.381 e. The molecule has 1 aromatic rings. The SMILES string of the molecule is O=S(=O)(OC1=CCNC(Cc2ccccc2)C1)C(F)(F)F. The van der Waals surface area contributed by atoms with E-state index in [4.69, 9.17) is 0 Å². The van der Waals surface area contributed by atoms with Crippen LogP contribution in [0.3, 0.4) is 0 Å². The highest BCUT2D eigenvalue weighted by Crippen LogP contribution is 2.28. The van der Waals surface area contributed by atoms with E-state index in [-0.39, 0.29) is 24.8 Å². The topological polar surface area (TPSA) is 55.4 Å². The molecule has 1 heterocycles. The van der Waals surface area contributed by atoms with Crippen LogP contribution in [0, 0.1) is 0 Å². The molecule has 8 heteroatoms. The second-order valence-electron chi connectivity index (χ2n) is 4.65. The van der Waals surface area contributed by atoms with Gasteiger partial charge in [0.25, 0.3) is 0 Å². The molecule has 0 spiro atoms. The maximum atomic E-state index is 12.3. The molecular weight excluding hydrogens is 307 g/mol. The zero-order valence-electron chi connectivity index (χ0n) is 10.9. The van der Waals surface area contributed by atoms with Crippen molar-refractivity contribution in [1.82, 2.24) is 5.32 Å². The van der Waals surface area contributed by atoms with Crippen LogP contribution in [-0.4, -0.2) is 26.5 Å². The van der Waals surface area contributed by atoms with Crippen molar-refractivity contribution in [2.24, 2.45) is 0 Å². The molecule has 1 aliphatic heterocycles. The van der Waals surface area contributed by atoms with Crippen molar-refractivity contribution in [3.8, 4) is 0 Å². The Kier molecular flexibility index (Phi) is 4.58. The van der Waals surface area contributed by atoms with Gasteiger partial charge < -0.3 is 9.50 Å². The molecule has 1 unspecified atom stereocenters. The number of nitrogens with one attached hydrogen (secondary N) is 1. The van der Waals surface area contributed by atoms with Crippen LogP contribution in [0.5, 0.6) is 0 Å². The fourth-order valence-electron chi connectivity index (χ4n) is 2.04. The summed E-state index contributed by atoms with van der Waals surface area (Å²) in [6.45, 7) is 0.264. The second-order valence-corrected chi connectivity index (χ2v) is 6.19. The summed E-state index contributed by atoms with van der Waals surface area (Å²) >= 11 is 0. The summed E-state index contributed by atoms with van der Waals surface area (Å²) in [6.07, 6.45) is 1.97. The standard InChI is InChI=1S/C13H14F3NO3S/c14-13(15,16)21(18,19)20-12-6-7-17-11(9-12)8-10-4-2-1-3-5-10/h1-6,11,17H,7-9H2. The van der Waals surface area contributed by atoms with Crippen molar-refractivity contribution in [2.45, 2.75) is 24.4 Å². The summed E-state index contributed by atoms with van der Waals surface area (Å²) in [5.41, 5.74) is -4.40. The van der Waals surface area contributed by atoms with Crippen LogP contribution in [-0.2, 0) is 20.7 Å². The summed E-state index contributed by atoms with van der Waals surface area (Å²) in [5.74, 6) is -0.174. The van der Waals surface area contributed by atoms with Gasteiger partial charge in [-0.3, -0.25) is 0 Å². The second kappa shape index (κ2) is 6.07. The van der Waals surface area contributed by atoms with Gasteiger partial charge in [-0.2, -0.15) is 21.6 Å². The molecule has 4 nitrogen and oxygen atoms in total. The lowest BCUT2D eigenvalue weighted by Gasteiger charge is -2.24. The molecule has 0 aromatic heterocycles. The zero-order valence-corrected chi connectivity index (χ0v) is 11.7. The molecule has 21 heavy (non-hydrogen) atoms. The fourth-order valence-corrected chi connectivity index (χ4v) is 2.55. The van der Waals surface area contributed by atoms with E-state index in [1.165, 1.54) is 6.08 Å². The minimum atomic E-state index is -5.59. The molecule has 0 amide bonds. The van der Waals surface area contributed by atoms with E-state index in [2.05, 4.69) is 9.50 Å². The third-order valence-electron chi connectivity index (χ3n) is 3.01. The van der Waals surface area contributed by atoms with Gasteiger partial charge in [-0.25, -0.2) is 0 Å². The molecule has 1 aliphatic rings. The van der Waals surface area contributed by atoms with Gasteiger partial charge in [0.2, 0.25) is 0 Å². The lowest BCUT2D eigenvalue weighted by molar-refractivity contribution is -0.0524. The van der Waals surface area contributed by atoms with Crippen LogP contribution in [0.2, 0.25) is 0 Å². The van der Waals surface area contributed by atoms with Gasteiger partial charge in [-0.1, -0.05) is 30.3 Å². The maximum absolute atomic E-state index is 12.3. The molecule has 1 atom stereocenters.